The van der Waals surface area contributed by atoms with Crippen LogP contribution in [0.4, 0.5) is 17.3 Å². The number of hydrogen-bond acceptors (Lipinski definition) is 0. The molecule has 0 atom stereocenters. The van der Waals surface area contributed by atoms with E-state index in [1.54, 1.807) is 0 Å². The van der Waals surface area contributed by atoms with Crippen LogP contribution >= 0.6 is 15.8 Å². The Balaban J connectivity index is 0.000000338. The van der Waals surface area contributed by atoms with Crippen LogP contribution in [0.2, 0.25) is 0 Å². The molecule has 2 saturated carbocycles. The molecule has 0 amide bonds. The van der Waals surface area contributed by atoms with Gasteiger partial charge in [0.1, 0.15) is 0 Å². The van der Waals surface area contributed by atoms with Crippen LogP contribution in [-0.4, -0.2) is 7.25 Å². The van der Waals surface area contributed by atoms with Gasteiger partial charge in [0.2, 0.25) is 0 Å². The molecule has 6 aliphatic carbocycles. The average molecular weight is 859 g/mol. The summed E-state index contributed by atoms with van der Waals surface area (Å²) in [5.41, 5.74) is 5.84. The molecule has 6 bridgehead atoms. The molecular formula is C47H42BF4P2Rh+. The van der Waals surface area contributed by atoms with Crippen molar-refractivity contribution in [3.63, 3.8) is 0 Å². The Bertz CT molecular complexity index is 1840. The molecule has 0 heterocycles. The minimum absolute atomic E-state index is 0. The van der Waals surface area contributed by atoms with Crippen LogP contribution in [0.1, 0.15) is 28.7 Å². The first-order valence-corrected chi connectivity index (χ1v) is 21.2. The van der Waals surface area contributed by atoms with Gasteiger partial charge in [-0.15, -0.1) is 0 Å². The van der Waals surface area contributed by atoms with Gasteiger partial charge >= 0.3 is 26.7 Å². The van der Waals surface area contributed by atoms with E-state index in [0.29, 0.717) is 0 Å². The van der Waals surface area contributed by atoms with Gasteiger partial charge in [-0.2, -0.15) is 0 Å². The Hall–Kier alpha value is -3.41. The quantitative estimate of drug-likeness (QED) is 0.0890. The zero-order valence-corrected chi connectivity index (χ0v) is 33.8. The third-order valence-electron chi connectivity index (χ3n) is 9.96. The second-order valence-electron chi connectivity index (χ2n) is 13.8. The molecule has 279 valence electrons. The summed E-state index contributed by atoms with van der Waals surface area (Å²) in [7, 11) is -7.26. The first-order valence-electron chi connectivity index (χ1n) is 18.6. The van der Waals surface area contributed by atoms with Gasteiger partial charge in [0.15, 0.2) is 0 Å². The Morgan fingerprint density at radius 3 is 0.945 bits per heavy atom. The minimum Gasteiger partial charge on any atom is -0.418 e. The van der Waals surface area contributed by atoms with E-state index in [1.165, 1.54) is 60.5 Å². The number of aryl methyl sites for hydroxylation is 4. The van der Waals surface area contributed by atoms with Crippen molar-refractivity contribution in [3.05, 3.63) is 206 Å². The molecule has 2 fully saturated rings. The van der Waals surface area contributed by atoms with Crippen LogP contribution in [0.3, 0.4) is 0 Å². The van der Waals surface area contributed by atoms with Crippen LogP contribution in [-0.2, 0) is 45.2 Å². The molecule has 6 aliphatic rings. The van der Waals surface area contributed by atoms with E-state index in [0.717, 1.165) is 37.5 Å². The van der Waals surface area contributed by atoms with Crippen molar-refractivity contribution in [2.24, 2.45) is 11.8 Å². The Labute approximate surface area is 339 Å². The molecule has 6 aromatic carbocycles. The Morgan fingerprint density at radius 1 is 0.400 bits per heavy atom. The van der Waals surface area contributed by atoms with Gasteiger partial charge in [-0.3, -0.25) is 0 Å². The van der Waals surface area contributed by atoms with E-state index < -0.39 is 23.1 Å². The van der Waals surface area contributed by atoms with E-state index in [2.05, 4.69) is 183 Å². The van der Waals surface area contributed by atoms with E-state index >= 15 is 0 Å². The van der Waals surface area contributed by atoms with Crippen LogP contribution in [0.5, 0.6) is 0 Å². The van der Waals surface area contributed by atoms with Crippen molar-refractivity contribution >= 4 is 54.9 Å². The van der Waals surface area contributed by atoms with E-state index in [1.807, 2.05) is 0 Å². The molecule has 55 heavy (non-hydrogen) atoms. The van der Waals surface area contributed by atoms with Crippen LogP contribution in [0.25, 0.3) is 0 Å². The molecule has 0 aliphatic heterocycles. The summed E-state index contributed by atoms with van der Waals surface area (Å²) >= 11 is 0. The van der Waals surface area contributed by atoms with Crippen molar-refractivity contribution < 1.29 is 36.7 Å². The zero-order chi connectivity index (χ0) is 37.3. The molecule has 5 radical (unpaired) electrons. The van der Waals surface area contributed by atoms with Crippen LogP contribution in [0, 0.1) is 37.5 Å². The number of halogens is 4. The van der Waals surface area contributed by atoms with Crippen molar-refractivity contribution in [3.8, 4) is 0 Å². The van der Waals surface area contributed by atoms with Gasteiger partial charge in [-0.25, -0.2) is 0 Å². The molecule has 0 nitrogen and oxygen atoms in total. The largest absolute Gasteiger partial charge is 2.00 e. The maximum absolute atomic E-state index is 9.75. The first-order chi connectivity index (χ1) is 26.3. The van der Waals surface area contributed by atoms with Gasteiger partial charge in [0.05, 0.1) is 0 Å². The summed E-state index contributed by atoms with van der Waals surface area (Å²) < 4.78 is 39.0. The zero-order valence-electron chi connectivity index (χ0n) is 30.3. The smallest absolute Gasteiger partial charge is 0.418 e. The number of benzene rings is 6. The topological polar surface area (TPSA) is 0 Å². The SMILES string of the molecule is F[B-](F)(F)F.[CH]1[CH]C2[CH][CH]C1C2.[Rh+2].c1ccc(P(c2ccccc2)c2cc3ccc2CCc2ccc(c(P(c4ccccc4)c4ccccc4)c2)CC3)cc1. The first kappa shape index (κ1) is 41.2. The van der Waals surface area contributed by atoms with Crippen molar-refractivity contribution in [2.75, 3.05) is 0 Å². The van der Waals surface area contributed by atoms with Crippen LogP contribution < -0.4 is 31.8 Å². The van der Waals surface area contributed by atoms with Gasteiger partial charge in [-0.05, 0) is 140 Å². The third kappa shape index (κ3) is 11.3. The summed E-state index contributed by atoms with van der Waals surface area (Å²) in [4.78, 5) is 0. The third-order valence-corrected chi connectivity index (χ3v) is 15.0. The second-order valence-corrected chi connectivity index (χ2v) is 18.1. The molecule has 12 rings (SSSR count). The number of hydrogen-bond donors (Lipinski definition) is 0. The van der Waals surface area contributed by atoms with Gasteiger partial charge in [-0.1, -0.05) is 158 Å². The van der Waals surface area contributed by atoms with Crippen molar-refractivity contribution in [1.29, 1.82) is 0 Å². The molecule has 0 saturated heterocycles. The molecule has 8 heteroatoms. The van der Waals surface area contributed by atoms with Crippen molar-refractivity contribution in [2.45, 2.75) is 32.1 Å². The molecular weight excluding hydrogens is 816 g/mol. The Kier molecular flexibility index (Phi) is 14.7. The summed E-state index contributed by atoms with van der Waals surface area (Å²) in [6.45, 7) is 0. The summed E-state index contributed by atoms with van der Waals surface area (Å²) in [5, 5.41) is 8.73. The fraction of sp³-hybridized carbons (Fsp3) is 0.149. The minimum atomic E-state index is -6.00. The van der Waals surface area contributed by atoms with E-state index in [-0.39, 0.29) is 19.5 Å². The van der Waals surface area contributed by atoms with E-state index in [4.69, 9.17) is 0 Å². The number of rotatable bonds is 6. The predicted molar refractivity (Wildman–Crippen MR) is 224 cm³/mol. The average Bonchev–Trinajstić information content (AvgIpc) is 3.85. The number of fused-ring (bicyclic) bond motifs is 2. The molecule has 6 aromatic rings. The fourth-order valence-electron chi connectivity index (χ4n) is 7.42. The van der Waals surface area contributed by atoms with Gasteiger partial charge in [0, 0.05) is 0 Å². The molecule has 0 N–H and O–H groups in total. The molecule has 0 unspecified atom stereocenters. The van der Waals surface area contributed by atoms with Crippen molar-refractivity contribution in [1.82, 2.24) is 0 Å². The van der Waals surface area contributed by atoms with Gasteiger partial charge < -0.3 is 17.3 Å². The fourth-order valence-corrected chi connectivity index (χ4v) is 12.5. The maximum atomic E-state index is 9.75. The molecule has 0 spiro atoms. The Morgan fingerprint density at radius 2 is 0.691 bits per heavy atom. The summed E-state index contributed by atoms with van der Waals surface area (Å²) in [6.07, 6.45) is 14.7. The normalized spacial score (nSPS) is 17.0. The van der Waals surface area contributed by atoms with Gasteiger partial charge in [0.25, 0.3) is 0 Å². The predicted octanol–water partition coefficient (Wildman–Crippen LogP) is 9.84. The summed E-state index contributed by atoms with van der Waals surface area (Å²) in [5.74, 6) is 1.62. The summed E-state index contributed by atoms with van der Waals surface area (Å²) in [6, 6.07) is 59.3. The monoisotopic (exact) mass is 858 g/mol. The van der Waals surface area contributed by atoms with Crippen LogP contribution in [0.15, 0.2) is 158 Å². The molecule has 0 aromatic heterocycles. The maximum Gasteiger partial charge on any atom is 2.00 e. The standard InChI is InChI=1S/C40H34P2.C7H8.BF4.Rh/c1-5-13-35(14-6-1)41(36-15-7-2-8-16-36)39-29-31-21-25-33(39)27-23-32-22-26-34(28-24-31)40(30-32)42(37-17-9-3-10-18-37)38-19-11-4-12-20-38;1-2-7-4-3-6(1)5-7;2-1(3,4)5;/h1-22,25-26,29-30H,23-24,27-28H2;1-4,6-7H,5H2;;/q;;-1;+2. The van der Waals surface area contributed by atoms with E-state index in [9.17, 15) is 17.3 Å². The second kappa shape index (κ2) is 19.6.